The van der Waals surface area contributed by atoms with Gasteiger partial charge in [-0.2, -0.15) is 0 Å². The van der Waals surface area contributed by atoms with E-state index in [1.165, 1.54) is 44.1 Å². The number of benzene rings is 1. The summed E-state index contributed by atoms with van der Waals surface area (Å²) >= 11 is 0. The molecule has 23 heavy (non-hydrogen) atoms. The fraction of sp³-hybridized carbons (Fsp3) is 0.650. The average molecular weight is 318 g/mol. The van der Waals surface area contributed by atoms with Crippen LogP contribution in [0.4, 0.5) is 0 Å². The minimum Gasteiger partial charge on any atom is -0.460 e. The number of hydrogen-bond acceptors (Lipinski definition) is 3. The van der Waals surface area contributed by atoms with Crippen LogP contribution in [0.15, 0.2) is 30.3 Å². The molecule has 2 rings (SSSR count). The number of unbranched alkanes of at least 4 members (excludes halogenated alkanes) is 6. The van der Waals surface area contributed by atoms with Crippen molar-refractivity contribution in [2.24, 2.45) is 5.92 Å². The largest absolute Gasteiger partial charge is 0.460 e. The molecule has 128 valence electrons. The number of carbonyl (C=O) groups is 1. The first-order chi connectivity index (χ1) is 11.2. The Hall–Kier alpha value is -1.35. The molecule has 0 aromatic heterocycles. The van der Waals surface area contributed by atoms with E-state index in [1.807, 2.05) is 0 Å². The second kappa shape index (κ2) is 9.71. The minimum atomic E-state index is -0.611. The summed E-state index contributed by atoms with van der Waals surface area (Å²) in [5.41, 5.74) is 1.43. The third-order valence-corrected chi connectivity index (χ3v) is 4.82. The highest BCUT2D eigenvalue weighted by atomic mass is 16.6. The van der Waals surface area contributed by atoms with Gasteiger partial charge in [0.1, 0.15) is 12.2 Å². The third kappa shape index (κ3) is 5.98. The Morgan fingerprint density at radius 1 is 0.957 bits per heavy atom. The molecular formula is C20H30O3. The number of ether oxygens (including phenoxy) is 1. The van der Waals surface area contributed by atoms with Gasteiger partial charge in [0.2, 0.25) is 0 Å². The maximum absolute atomic E-state index is 11.6. The number of aliphatic hydroxyl groups is 1. The van der Waals surface area contributed by atoms with Gasteiger partial charge in [-0.25, -0.2) is 0 Å². The summed E-state index contributed by atoms with van der Waals surface area (Å²) in [6, 6.07) is 10.7. The number of esters is 1. The van der Waals surface area contributed by atoms with Crippen LogP contribution in [-0.2, 0) is 16.0 Å². The van der Waals surface area contributed by atoms with Crippen LogP contribution in [0.2, 0.25) is 0 Å². The van der Waals surface area contributed by atoms with Crippen molar-refractivity contribution in [1.82, 2.24) is 0 Å². The molecule has 1 aliphatic rings. The molecule has 1 aromatic carbocycles. The average Bonchev–Trinajstić information content (AvgIpc) is 2.80. The molecule has 0 amide bonds. The van der Waals surface area contributed by atoms with Gasteiger partial charge < -0.3 is 9.84 Å². The topological polar surface area (TPSA) is 46.5 Å². The first-order valence-electron chi connectivity index (χ1n) is 9.11. The molecule has 3 unspecified atom stereocenters. The lowest BCUT2D eigenvalue weighted by atomic mass is 9.95. The monoisotopic (exact) mass is 318 g/mol. The quantitative estimate of drug-likeness (QED) is 0.517. The molecule has 0 spiro atoms. The lowest BCUT2D eigenvalue weighted by Crippen LogP contribution is -2.24. The van der Waals surface area contributed by atoms with Crippen molar-refractivity contribution in [2.45, 2.75) is 76.9 Å². The van der Waals surface area contributed by atoms with Crippen molar-refractivity contribution < 1.29 is 14.6 Å². The molecular weight excluding hydrogens is 288 g/mol. The molecule has 0 radical (unpaired) electrons. The number of cyclic esters (lactones) is 1. The van der Waals surface area contributed by atoms with Crippen molar-refractivity contribution >= 4 is 5.97 Å². The van der Waals surface area contributed by atoms with Gasteiger partial charge in [0.05, 0.1) is 5.92 Å². The number of rotatable bonds is 10. The Balaban J connectivity index is 1.43. The Morgan fingerprint density at radius 2 is 1.57 bits per heavy atom. The molecule has 1 aromatic rings. The summed E-state index contributed by atoms with van der Waals surface area (Å²) < 4.78 is 5.06. The lowest BCUT2D eigenvalue weighted by Gasteiger charge is -2.11. The molecule has 0 bridgehead atoms. The van der Waals surface area contributed by atoms with Crippen molar-refractivity contribution in [2.75, 3.05) is 0 Å². The van der Waals surface area contributed by atoms with E-state index in [-0.39, 0.29) is 18.0 Å². The van der Waals surface area contributed by atoms with Crippen LogP contribution in [-0.4, -0.2) is 23.3 Å². The van der Waals surface area contributed by atoms with Gasteiger partial charge in [0, 0.05) is 0 Å². The van der Waals surface area contributed by atoms with Crippen molar-refractivity contribution in [3.05, 3.63) is 35.9 Å². The summed E-state index contributed by atoms with van der Waals surface area (Å²) in [5, 5.41) is 9.88. The van der Waals surface area contributed by atoms with Crippen LogP contribution in [0, 0.1) is 5.92 Å². The maximum atomic E-state index is 11.6. The fourth-order valence-electron chi connectivity index (χ4n) is 3.32. The smallest absolute Gasteiger partial charge is 0.312 e. The molecule has 0 aliphatic carbocycles. The summed E-state index contributed by atoms with van der Waals surface area (Å²) in [6.07, 6.45) is 9.48. The predicted octanol–water partition coefficient (Wildman–Crippen LogP) is 4.27. The lowest BCUT2D eigenvalue weighted by molar-refractivity contribution is -0.143. The molecule has 1 fully saturated rings. The van der Waals surface area contributed by atoms with Gasteiger partial charge in [-0.3, -0.25) is 4.79 Å². The summed E-state index contributed by atoms with van der Waals surface area (Å²) in [5.74, 6) is -0.512. The van der Waals surface area contributed by atoms with E-state index in [0.29, 0.717) is 0 Å². The van der Waals surface area contributed by atoms with Gasteiger partial charge in [-0.05, 0) is 31.7 Å². The number of carbonyl (C=O) groups excluding carboxylic acids is 1. The molecule has 3 nitrogen and oxygen atoms in total. The van der Waals surface area contributed by atoms with E-state index in [2.05, 4.69) is 30.3 Å². The van der Waals surface area contributed by atoms with E-state index < -0.39 is 6.10 Å². The van der Waals surface area contributed by atoms with E-state index in [0.717, 1.165) is 19.3 Å². The molecule has 1 heterocycles. The normalized spacial score (nSPS) is 23.9. The summed E-state index contributed by atoms with van der Waals surface area (Å²) in [4.78, 5) is 11.6. The van der Waals surface area contributed by atoms with Crippen molar-refractivity contribution in [1.29, 1.82) is 0 Å². The number of aryl methyl sites for hydroxylation is 1. The second-order valence-corrected chi connectivity index (χ2v) is 6.74. The van der Waals surface area contributed by atoms with Gasteiger partial charge in [0.25, 0.3) is 0 Å². The minimum absolute atomic E-state index is 0.217. The van der Waals surface area contributed by atoms with Gasteiger partial charge in [-0.15, -0.1) is 0 Å². The van der Waals surface area contributed by atoms with Crippen LogP contribution < -0.4 is 0 Å². The van der Waals surface area contributed by atoms with Crippen molar-refractivity contribution in [3.63, 3.8) is 0 Å². The van der Waals surface area contributed by atoms with Gasteiger partial charge in [-0.1, -0.05) is 68.9 Å². The number of aliphatic hydroxyl groups excluding tert-OH is 1. The summed E-state index contributed by atoms with van der Waals surface area (Å²) in [7, 11) is 0. The Morgan fingerprint density at radius 3 is 2.17 bits per heavy atom. The van der Waals surface area contributed by atoms with Crippen LogP contribution in [0.25, 0.3) is 0 Å². The molecule has 3 heteroatoms. The van der Waals surface area contributed by atoms with E-state index in [4.69, 9.17) is 4.74 Å². The van der Waals surface area contributed by atoms with Crippen LogP contribution in [0.3, 0.4) is 0 Å². The SMILES string of the molecule is CC1OC(=O)C(CCCCCCCCCc2ccccc2)C1O. The zero-order valence-corrected chi connectivity index (χ0v) is 14.2. The Labute approximate surface area is 140 Å². The van der Waals surface area contributed by atoms with E-state index in [1.54, 1.807) is 6.92 Å². The highest BCUT2D eigenvalue weighted by molar-refractivity contribution is 5.75. The Bertz CT molecular complexity index is 457. The molecule has 1 saturated heterocycles. The number of hydrogen-bond donors (Lipinski definition) is 1. The van der Waals surface area contributed by atoms with E-state index >= 15 is 0 Å². The standard InChI is InChI=1S/C20H30O3/c1-16-19(21)18(20(22)23-16)15-11-6-4-2-3-5-8-12-17-13-9-7-10-14-17/h7,9-10,13-14,16,18-19,21H,2-6,8,11-12,15H2,1H3. The molecule has 3 atom stereocenters. The predicted molar refractivity (Wildman–Crippen MR) is 92.1 cm³/mol. The Kier molecular flexibility index (Phi) is 7.60. The van der Waals surface area contributed by atoms with Crippen LogP contribution >= 0.6 is 0 Å². The zero-order chi connectivity index (χ0) is 16.5. The molecule has 1 N–H and O–H groups in total. The highest BCUT2D eigenvalue weighted by Crippen LogP contribution is 2.26. The first-order valence-corrected chi connectivity index (χ1v) is 9.11. The van der Waals surface area contributed by atoms with Gasteiger partial charge >= 0.3 is 5.97 Å². The first kappa shape index (κ1) is 18.0. The van der Waals surface area contributed by atoms with Crippen LogP contribution in [0.5, 0.6) is 0 Å². The molecule has 0 saturated carbocycles. The maximum Gasteiger partial charge on any atom is 0.312 e. The zero-order valence-electron chi connectivity index (χ0n) is 14.2. The molecule has 1 aliphatic heterocycles. The van der Waals surface area contributed by atoms with Crippen LogP contribution in [0.1, 0.15) is 63.9 Å². The van der Waals surface area contributed by atoms with E-state index in [9.17, 15) is 9.90 Å². The fourth-order valence-corrected chi connectivity index (χ4v) is 3.32. The van der Waals surface area contributed by atoms with Crippen molar-refractivity contribution in [3.8, 4) is 0 Å². The third-order valence-electron chi connectivity index (χ3n) is 4.82. The summed E-state index contributed by atoms with van der Waals surface area (Å²) in [6.45, 7) is 1.76. The second-order valence-electron chi connectivity index (χ2n) is 6.74. The van der Waals surface area contributed by atoms with Gasteiger partial charge in [0.15, 0.2) is 0 Å². The highest BCUT2D eigenvalue weighted by Gasteiger charge is 2.40.